The third kappa shape index (κ3) is 4.28. The Hall–Kier alpha value is -3.11. The van der Waals surface area contributed by atoms with Crippen LogP contribution in [-0.2, 0) is 10.0 Å². The molecular weight excluding hydrogens is 440 g/mol. The van der Waals surface area contributed by atoms with E-state index in [1.807, 2.05) is 36.7 Å². The molecule has 2 aromatic carbocycles. The summed E-state index contributed by atoms with van der Waals surface area (Å²) in [6.07, 6.45) is 4.70. The maximum Gasteiger partial charge on any atom is 0.245 e. The molecule has 5 rings (SSSR count). The van der Waals surface area contributed by atoms with E-state index in [1.165, 1.54) is 12.8 Å². The standard InChI is InChI=1S/C23H26N6O3S/c1-15(2)21(27-33(30,31)18-10-4-3-5-11-18)23-24-22(26-32-23)16-12-13-20-19(14-16)25-28-29(20)17-8-6-7-9-17/h3-5,10-15,17,21,27H,6-9H2,1-2H3/t21-/m1/s1. The highest BCUT2D eigenvalue weighted by molar-refractivity contribution is 7.89. The van der Waals surface area contributed by atoms with E-state index in [4.69, 9.17) is 4.52 Å². The van der Waals surface area contributed by atoms with Crippen molar-refractivity contribution >= 4 is 21.1 Å². The van der Waals surface area contributed by atoms with Gasteiger partial charge in [0, 0.05) is 5.56 Å². The molecule has 0 spiro atoms. The van der Waals surface area contributed by atoms with E-state index in [0.717, 1.165) is 29.4 Å². The molecule has 0 bridgehead atoms. The quantitative estimate of drug-likeness (QED) is 0.432. The summed E-state index contributed by atoms with van der Waals surface area (Å²) >= 11 is 0. The van der Waals surface area contributed by atoms with E-state index in [0.29, 0.717) is 11.9 Å². The minimum absolute atomic E-state index is 0.106. The van der Waals surface area contributed by atoms with Gasteiger partial charge in [-0.2, -0.15) is 9.71 Å². The highest BCUT2D eigenvalue weighted by atomic mass is 32.2. The minimum atomic E-state index is -3.74. The Labute approximate surface area is 192 Å². The summed E-state index contributed by atoms with van der Waals surface area (Å²) in [6.45, 7) is 3.80. The first kappa shape index (κ1) is 21.7. The Kier molecular flexibility index (Phi) is 5.71. The lowest BCUT2D eigenvalue weighted by Crippen LogP contribution is -2.32. The van der Waals surface area contributed by atoms with E-state index in [-0.39, 0.29) is 16.7 Å². The van der Waals surface area contributed by atoms with Gasteiger partial charge in [0.05, 0.1) is 16.5 Å². The van der Waals surface area contributed by atoms with Gasteiger partial charge in [0.25, 0.3) is 0 Å². The predicted octanol–water partition coefficient (Wildman–Crippen LogP) is 4.27. The van der Waals surface area contributed by atoms with Gasteiger partial charge in [0.15, 0.2) is 0 Å². The molecule has 9 nitrogen and oxygen atoms in total. The fourth-order valence-electron chi connectivity index (χ4n) is 4.28. The van der Waals surface area contributed by atoms with E-state index in [9.17, 15) is 8.42 Å². The Morgan fingerprint density at radius 3 is 2.58 bits per heavy atom. The molecule has 1 aliphatic carbocycles. The number of benzene rings is 2. The van der Waals surface area contributed by atoms with Crippen LogP contribution >= 0.6 is 0 Å². The van der Waals surface area contributed by atoms with Gasteiger partial charge in [-0.25, -0.2) is 13.1 Å². The number of hydrogen-bond acceptors (Lipinski definition) is 7. The third-order valence-corrected chi connectivity index (χ3v) is 7.57. The van der Waals surface area contributed by atoms with Crippen molar-refractivity contribution in [2.45, 2.75) is 56.5 Å². The number of sulfonamides is 1. The third-order valence-electron chi connectivity index (χ3n) is 6.11. The zero-order chi connectivity index (χ0) is 23.0. The van der Waals surface area contributed by atoms with Crippen molar-refractivity contribution in [3.05, 3.63) is 54.4 Å². The number of nitrogens with one attached hydrogen (secondary N) is 1. The first-order chi connectivity index (χ1) is 15.9. The molecule has 0 saturated heterocycles. The maximum absolute atomic E-state index is 12.8. The van der Waals surface area contributed by atoms with E-state index < -0.39 is 16.1 Å². The first-order valence-corrected chi connectivity index (χ1v) is 12.7. The monoisotopic (exact) mass is 466 g/mol. The Balaban J connectivity index is 1.42. The zero-order valence-corrected chi connectivity index (χ0v) is 19.4. The van der Waals surface area contributed by atoms with Crippen LogP contribution in [0.4, 0.5) is 0 Å². The molecule has 1 saturated carbocycles. The summed E-state index contributed by atoms with van der Waals surface area (Å²) in [5.41, 5.74) is 2.50. The molecule has 1 aliphatic rings. The van der Waals surface area contributed by atoms with Crippen molar-refractivity contribution in [2.24, 2.45) is 5.92 Å². The van der Waals surface area contributed by atoms with Crippen LogP contribution in [0.3, 0.4) is 0 Å². The van der Waals surface area contributed by atoms with Crippen molar-refractivity contribution in [1.82, 2.24) is 29.9 Å². The molecule has 2 aromatic heterocycles. The van der Waals surface area contributed by atoms with Crippen LogP contribution in [0, 0.1) is 5.92 Å². The number of nitrogens with zero attached hydrogens (tertiary/aromatic N) is 5. The second-order valence-corrected chi connectivity index (χ2v) is 10.5. The van der Waals surface area contributed by atoms with Gasteiger partial charge in [-0.15, -0.1) is 5.10 Å². The highest BCUT2D eigenvalue weighted by Crippen LogP contribution is 2.32. The van der Waals surface area contributed by atoms with E-state index >= 15 is 0 Å². The SMILES string of the molecule is CC(C)[C@@H](NS(=O)(=O)c1ccccc1)c1nc(-c2ccc3c(c2)nnn3C2CCCC2)no1. The highest BCUT2D eigenvalue weighted by Gasteiger charge is 2.29. The average Bonchev–Trinajstić information content (AvgIpc) is 3.58. The van der Waals surface area contributed by atoms with Crippen molar-refractivity contribution in [3.8, 4) is 11.4 Å². The lowest BCUT2D eigenvalue weighted by atomic mass is 10.1. The summed E-state index contributed by atoms with van der Waals surface area (Å²) in [7, 11) is -3.74. The summed E-state index contributed by atoms with van der Waals surface area (Å²) in [4.78, 5) is 4.70. The van der Waals surface area contributed by atoms with Crippen LogP contribution in [0.1, 0.15) is 57.5 Å². The summed E-state index contributed by atoms with van der Waals surface area (Å²) in [6, 6.07) is 13.8. The normalized spacial score (nSPS) is 16.1. The van der Waals surface area contributed by atoms with Crippen molar-refractivity contribution in [1.29, 1.82) is 0 Å². The number of hydrogen-bond donors (Lipinski definition) is 1. The summed E-state index contributed by atoms with van der Waals surface area (Å²) in [5, 5.41) is 12.8. The molecule has 0 amide bonds. The Morgan fingerprint density at radius 1 is 1.09 bits per heavy atom. The molecule has 4 aromatic rings. The fourth-order valence-corrected chi connectivity index (χ4v) is 5.64. The topological polar surface area (TPSA) is 116 Å². The molecule has 10 heteroatoms. The maximum atomic E-state index is 12.8. The molecule has 172 valence electrons. The van der Waals surface area contributed by atoms with Gasteiger partial charge < -0.3 is 4.52 Å². The fraction of sp³-hybridized carbons (Fsp3) is 0.391. The number of aromatic nitrogens is 5. The van der Waals surface area contributed by atoms with Crippen LogP contribution in [0.15, 0.2) is 57.9 Å². The van der Waals surface area contributed by atoms with Crippen molar-refractivity contribution in [2.75, 3.05) is 0 Å². The first-order valence-electron chi connectivity index (χ1n) is 11.2. The zero-order valence-electron chi connectivity index (χ0n) is 18.5. The lowest BCUT2D eigenvalue weighted by molar-refractivity contribution is 0.311. The number of rotatable bonds is 7. The average molecular weight is 467 g/mol. The van der Waals surface area contributed by atoms with Gasteiger partial charge in [-0.1, -0.05) is 55.3 Å². The van der Waals surface area contributed by atoms with Crippen LogP contribution in [0.2, 0.25) is 0 Å². The van der Waals surface area contributed by atoms with Gasteiger partial charge in [0.2, 0.25) is 21.7 Å². The van der Waals surface area contributed by atoms with E-state index in [2.05, 4.69) is 25.2 Å². The Morgan fingerprint density at radius 2 is 1.85 bits per heavy atom. The molecule has 1 fully saturated rings. The summed E-state index contributed by atoms with van der Waals surface area (Å²) < 4.78 is 35.9. The van der Waals surface area contributed by atoms with Crippen molar-refractivity contribution < 1.29 is 12.9 Å². The molecule has 0 aliphatic heterocycles. The van der Waals surface area contributed by atoms with Gasteiger partial charge in [0.1, 0.15) is 11.6 Å². The molecule has 0 radical (unpaired) electrons. The molecule has 0 unspecified atom stereocenters. The largest absolute Gasteiger partial charge is 0.337 e. The van der Waals surface area contributed by atoms with Crippen LogP contribution < -0.4 is 4.72 Å². The van der Waals surface area contributed by atoms with Crippen LogP contribution in [0.5, 0.6) is 0 Å². The number of fused-ring (bicyclic) bond motifs is 1. The smallest absolute Gasteiger partial charge is 0.245 e. The second kappa shape index (κ2) is 8.68. The van der Waals surface area contributed by atoms with Crippen LogP contribution in [0.25, 0.3) is 22.4 Å². The Bertz CT molecular complexity index is 1360. The second-order valence-electron chi connectivity index (χ2n) is 8.79. The molecular formula is C23H26N6O3S. The van der Waals surface area contributed by atoms with Crippen LogP contribution in [-0.4, -0.2) is 33.6 Å². The minimum Gasteiger partial charge on any atom is -0.337 e. The molecule has 2 heterocycles. The van der Waals surface area contributed by atoms with Gasteiger partial charge in [-0.05, 0) is 49.1 Å². The van der Waals surface area contributed by atoms with Gasteiger partial charge in [-0.3, -0.25) is 0 Å². The molecule has 1 N–H and O–H groups in total. The lowest BCUT2D eigenvalue weighted by Gasteiger charge is -2.18. The molecule has 1 atom stereocenters. The summed E-state index contributed by atoms with van der Waals surface area (Å²) in [5.74, 6) is 0.492. The predicted molar refractivity (Wildman–Crippen MR) is 123 cm³/mol. The molecule has 33 heavy (non-hydrogen) atoms. The van der Waals surface area contributed by atoms with Crippen molar-refractivity contribution in [3.63, 3.8) is 0 Å². The van der Waals surface area contributed by atoms with E-state index in [1.54, 1.807) is 30.3 Å². The van der Waals surface area contributed by atoms with Gasteiger partial charge >= 0.3 is 0 Å².